The molecule has 0 aliphatic rings. The number of aromatic nitrogens is 2. The molecule has 0 aliphatic heterocycles. The van der Waals surface area contributed by atoms with Crippen LogP contribution in [0.4, 0.5) is 0 Å². The molecule has 0 unspecified atom stereocenters. The van der Waals surface area contributed by atoms with E-state index in [1.165, 1.54) is 0 Å². The van der Waals surface area contributed by atoms with E-state index in [0.29, 0.717) is 17.2 Å². The van der Waals surface area contributed by atoms with E-state index in [2.05, 4.69) is 5.10 Å². The zero-order chi connectivity index (χ0) is 13.0. The number of Topliss-reactive ketones (excluding diaryl/α,β-unsaturated/α-hetero) is 1. The molecule has 0 radical (unpaired) electrons. The minimum absolute atomic E-state index is 0.0120. The number of hydrogen-bond acceptors (Lipinski definition) is 3. The van der Waals surface area contributed by atoms with Crippen LogP contribution in [-0.2, 0) is 18.3 Å². The zero-order valence-electron chi connectivity index (χ0n) is 9.97. The Hall–Kier alpha value is -1.81. The fraction of sp³-hybridized carbons (Fsp3) is 0.231. The van der Waals surface area contributed by atoms with Gasteiger partial charge in [0.2, 0.25) is 0 Å². The van der Waals surface area contributed by atoms with Crippen LogP contribution in [0.15, 0.2) is 36.7 Å². The Balaban J connectivity index is 1.83. The summed E-state index contributed by atoms with van der Waals surface area (Å²) in [6.45, 7) is 0.0521. The fourth-order valence-corrected chi connectivity index (χ4v) is 1.66. The highest BCUT2D eigenvalue weighted by Gasteiger charge is 2.06. The number of rotatable bonds is 5. The second kappa shape index (κ2) is 5.69. The Labute approximate surface area is 110 Å². The molecule has 0 spiro atoms. The summed E-state index contributed by atoms with van der Waals surface area (Å²) >= 11 is 5.75. The van der Waals surface area contributed by atoms with Gasteiger partial charge in [-0.1, -0.05) is 11.6 Å². The first-order chi connectivity index (χ1) is 8.63. The SMILES string of the molecule is Cn1cc(CC(=O)COc2ccc(Cl)cc2)cn1. The number of ketones is 1. The van der Waals surface area contributed by atoms with Gasteiger partial charge in [-0.05, 0) is 29.8 Å². The Kier molecular flexibility index (Phi) is 3.99. The highest BCUT2D eigenvalue weighted by Crippen LogP contribution is 2.15. The molecule has 5 heteroatoms. The molecule has 1 aromatic heterocycles. The third kappa shape index (κ3) is 3.60. The molecule has 0 N–H and O–H groups in total. The molecule has 0 bridgehead atoms. The Morgan fingerprint density at radius 1 is 1.39 bits per heavy atom. The predicted octanol–water partition coefficient (Wildman–Crippen LogP) is 2.26. The van der Waals surface area contributed by atoms with Crippen molar-refractivity contribution in [3.63, 3.8) is 0 Å². The van der Waals surface area contributed by atoms with Gasteiger partial charge >= 0.3 is 0 Å². The summed E-state index contributed by atoms with van der Waals surface area (Å²) in [5, 5.41) is 4.65. The van der Waals surface area contributed by atoms with Gasteiger partial charge in [0, 0.05) is 24.7 Å². The van der Waals surface area contributed by atoms with Crippen LogP contribution in [0.3, 0.4) is 0 Å². The van der Waals surface area contributed by atoms with Crippen molar-refractivity contribution >= 4 is 17.4 Å². The summed E-state index contributed by atoms with van der Waals surface area (Å²) < 4.78 is 7.04. The standard InChI is InChI=1S/C13H13ClN2O2/c1-16-8-10(7-15-16)6-12(17)9-18-13-4-2-11(14)3-5-13/h2-5,7-8H,6,9H2,1H3. The van der Waals surface area contributed by atoms with E-state index in [-0.39, 0.29) is 12.4 Å². The van der Waals surface area contributed by atoms with Crippen LogP contribution in [0.5, 0.6) is 5.75 Å². The Morgan fingerprint density at radius 2 is 2.11 bits per heavy atom. The van der Waals surface area contributed by atoms with Crippen molar-refractivity contribution < 1.29 is 9.53 Å². The first kappa shape index (κ1) is 12.6. The minimum Gasteiger partial charge on any atom is -0.486 e. The highest BCUT2D eigenvalue weighted by molar-refractivity contribution is 6.30. The molecule has 2 rings (SSSR count). The van der Waals surface area contributed by atoms with Gasteiger partial charge in [-0.2, -0.15) is 5.10 Å². The van der Waals surface area contributed by atoms with Crippen LogP contribution in [0.1, 0.15) is 5.56 Å². The predicted molar refractivity (Wildman–Crippen MR) is 68.9 cm³/mol. The number of carbonyl (C=O) groups excluding carboxylic acids is 1. The maximum absolute atomic E-state index is 11.7. The van der Waals surface area contributed by atoms with Crippen LogP contribution in [0.2, 0.25) is 5.02 Å². The second-order valence-electron chi connectivity index (χ2n) is 3.98. The summed E-state index contributed by atoms with van der Waals surface area (Å²) in [5.74, 6) is 0.650. The Bertz CT molecular complexity index is 534. The third-order valence-corrected chi connectivity index (χ3v) is 2.63. The largest absolute Gasteiger partial charge is 0.486 e. The van der Waals surface area contributed by atoms with Gasteiger partial charge in [0.1, 0.15) is 12.4 Å². The number of nitrogens with zero attached hydrogens (tertiary/aromatic N) is 2. The molecule has 94 valence electrons. The quantitative estimate of drug-likeness (QED) is 0.832. The number of aryl methyl sites for hydroxylation is 1. The average Bonchev–Trinajstić information content (AvgIpc) is 2.74. The lowest BCUT2D eigenvalue weighted by Crippen LogP contribution is -2.13. The van der Waals surface area contributed by atoms with Crippen molar-refractivity contribution in [2.45, 2.75) is 6.42 Å². The molecule has 18 heavy (non-hydrogen) atoms. The molecular formula is C13H13ClN2O2. The van der Waals surface area contributed by atoms with E-state index in [0.717, 1.165) is 5.56 Å². The monoisotopic (exact) mass is 264 g/mol. The molecule has 0 saturated carbocycles. The van der Waals surface area contributed by atoms with E-state index in [9.17, 15) is 4.79 Å². The molecule has 1 heterocycles. The van der Waals surface area contributed by atoms with Crippen molar-refractivity contribution in [2.75, 3.05) is 6.61 Å². The molecular weight excluding hydrogens is 252 g/mol. The van der Waals surface area contributed by atoms with E-state index >= 15 is 0 Å². The molecule has 4 nitrogen and oxygen atoms in total. The van der Waals surface area contributed by atoms with Crippen LogP contribution in [0, 0.1) is 0 Å². The molecule has 0 aliphatic carbocycles. The number of hydrogen-bond donors (Lipinski definition) is 0. The van der Waals surface area contributed by atoms with Gasteiger partial charge in [-0.25, -0.2) is 0 Å². The van der Waals surface area contributed by atoms with Gasteiger partial charge in [-0.3, -0.25) is 9.48 Å². The number of benzene rings is 1. The maximum atomic E-state index is 11.7. The lowest BCUT2D eigenvalue weighted by molar-refractivity contribution is -0.120. The van der Waals surface area contributed by atoms with Crippen molar-refractivity contribution in [3.8, 4) is 5.75 Å². The van der Waals surface area contributed by atoms with Gasteiger partial charge in [0.15, 0.2) is 5.78 Å². The molecule has 2 aromatic rings. The van der Waals surface area contributed by atoms with Crippen LogP contribution < -0.4 is 4.74 Å². The minimum atomic E-state index is 0.0120. The summed E-state index contributed by atoms with van der Waals surface area (Å²) in [5.41, 5.74) is 0.891. The molecule has 1 aromatic carbocycles. The van der Waals surface area contributed by atoms with E-state index in [4.69, 9.17) is 16.3 Å². The summed E-state index contributed by atoms with van der Waals surface area (Å²) in [6.07, 6.45) is 3.84. The zero-order valence-corrected chi connectivity index (χ0v) is 10.7. The van der Waals surface area contributed by atoms with Crippen molar-refractivity contribution in [1.29, 1.82) is 0 Å². The topological polar surface area (TPSA) is 44.1 Å². The van der Waals surface area contributed by atoms with Crippen LogP contribution >= 0.6 is 11.6 Å². The van der Waals surface area contributed by atoms with E-state index in [1.807, 2.05) is 13.2 Å². The number of carbonyl (C=O) groups is 1. The van der Waals surface area contributed by atoms with Gasteiger partial charge in [0.25, 0.3) is 0 Å². The third-order valence-electron chi connectivity index (χ3n) is 2.37. The number of halogens is 1. The molecule has 0 atom stereocenters. The molecule has 0 amide bonds. The normalized spacial score (nSPS) is 10.3. The Morgan fingerprint density at radius 3 is 2.72 bits per heavy atom. The fourth-order valence-electron chi connectivity index (χ4n) is 1.54. The van der Waals surface area contributed by atoms with E-state index in [1.54, 1.807) is 35.1 Å². The second-order valence-corrected chi connectivity index (χ2v) is 4.42. The molecule has 0 saturated heterocycles. The molecule has 0 fully saturated rings. The lowest BCUT2D eigenvalue weighted by Gasteiger charge is -2.04. The van der Waals surface area contributed by atoms with Crippen molar-refractivity contribution in [2.24, 2.45) is 7.05 Å². The van der Waals surface area contributed by atoms with Gasteiger partial charge in [-0.15, -0.1) is 0 Å². The first-order valence-corrected chi connectivity index (χ1v) is 5.89. The van der Waals surface area contributed by atoms with Gasteiger partial charge < -0.3 is 4.74 Å². The highest BCUT2D eigenvalue weighted by atomic mass is 35.5. The lowest BCUT2D eigenvalue weighted by atomic mass is 10.2. The summed E-state index contributed by atoms with van der Waals surface area (Å²) in [7, 11) is 1.82. The van der Waals surface area contributed by atoms with Crippen molar-refractivity contribution in [3.05, 3.63) is 47.2 Å². The van der Waals surface area contributed by atoms with Crippen molar-refractivity contribution in [1.82, 2.24) is 9.78 Å². The van der Waals surface area contributed by atoms with Crippen LogP contribution in [0.25, 0.3) is 0 Å². The van der Waals surface area contributed by atoms with Crippen LogP contribution in [-0.4, -0.2) is 22.2 Å². The van der Waals surface area contributed by atoms with E-state index < -0.39 is 0 Å². The van der Waals surface area contributed by atoms with Gasteiger partial charge in [0.05, 0.1) is 6.20 Å². The summed E-state index contributed by atoms with van der Waals surface area (Å²) in [6, 6.07) is 6.92. The number of ether oxygens (including phenoxy) is 1. The summed E-state index contributed by atoms with van der Waals surface area (Å²) in [4.78, 5) is 11.7. The average molecular weight is 265 g/mol. The first-order valence-electron chi connectivity index (χ1n) is 5.51. The maximum Gasteiger partial charge on any atom is 0.174 e. The smallest absolute Gasteiger partial charge is 0.174 e.